The number of anilines is 1. The molecule has 0 aliphatic rings. The molecular weight excluding hydrogens is 245 g/mol. The van der Waals surface area contributed by atoms with Gasteiger partial charge in [-0.25, -0.2) is 0 Å². The summed E-state index contributed by atoms with van der Waals surface area (Å²) >= 11 is 0. The molecule has 3 N–H and O–H groups in total. The summed E-state index contributed by atoms with van der Waals surface area (Å²) in [5.41, 5.74) is 3.90. The molecule has 1 aromatic rings. The number of benzene rings is 1. The molecule has 0 atom stereocenters. The number of halogens is 3. The number of rotatable bonds is 3. The van der Waals surface area contributed by atoms with Gasteiger partial charge in [0.05, 0.1) is 11.0 Å². The van der Waals surface area contributed by atoms with Crippen molar-refractivity contribution in [3.05, 3.63) is 29.8 Å². The summed E-state index contributed by atoms with van der Waals surface area (Å²) in [6, 6.07) is 4.49. The van der Waals surface area contributed by atoms with Crippen LogP contribution in [0.2, 0.25) is 0 Å². The molecule has 100 valence electrons. The molecule has 0 aromatic heterocycles. The van der Waals surface area contributed by atoms with Gasteiger partial charge in [0, 0.05) is 12.2 Å². The van der Waals surface area contributed by atoms with Crippen molar-refractivity contribution in [2.45, 2.75) is 20.0 Å². The Kier molecular flexibility index (Phi) is 4.01. The first kappa shape index (κ1) is 14.5. The van der Waals surface area contributed by atoms with E-state index < -0.39 is 23.1 Å². The highest BCUT2D eigenvalue weighted by Gasteiger charge is 2.31. The predicted molar refractivity (Wildman–Crippen MR) is 62.9 cm³/mol. The third-order valence-corrected chi connectivity index (χ3v) is 2.57. The largest absolute Gasteiger partial charge is 0.416 e. The monoisotopic (exact) mass is 260 g/mol. The Hall–Kier alpha value is -1.56. The predicted octanol–water partition coefficient (Wildman–Crippen LogP) is 2.63. The van der Waals surface area contributed by atoms with Crippen molar-refractivity contribution in [2.75, 3.05) is 11.9 Å². The Morgan fingerprint density at radius 2 is 1.94 bits per heavy atom. The fourth-order valence-electron chi connectivity index (χ4n) is 1.17. The van der Waals surface area contributed by atoms with Gasteiger partial charge in [-0.05, 0) is 32.0 Å². The van der Waals surface area contributed by atoms with Crippen molar-refractivity contribution in [2.24, 2.45) is 11.1 Å². The van der Waals surface area contributed by atoms with Crippen molar-refractivity contribution in [1.82, 2.24) is 0 Å². The SMILES string of the molecule is CC(C)(CN)C(=O)Nc1cccc(C(F)(F)F)c1. The number of amides is 1. The van der Waals surface area contributed by atoms with Crippen LogP contribution >= 0.6 is 0 Å². The first-order valence-electron chi connectivity index (χ1n) is 5.35. The van der Waals surface area contributed by atoms with Gasteiger partial charge in [-0.2, -0.15) is 13.2 Å². The number of nitrogens with one attached hydrogen (secondary N) is 1. The number of carbonyl (C=O) groups excluding carboxylic acids is 1. The lowest BCUT2D eigenvalue weighted by Crippen LogP contribution is -2.37. The Labute approximate surface area is 103 Å². The van der Waals surface area contributed by atoms with E-state index in [2.05, 4.69) is 5.32 Å². The molecule has 1 aromatic carbocycles. The maximum Gasteiger partial charge on any atom is 0.416 e. The van der Waals surface area contributed by atoms with E-state index in [-0.39, 0.29) is 12.2 Å². The zero-order valence-corrected chi connectivity index (χ0v) is 10.1. The van der Waals surface area contributed by atoms with Crippen LogP contribution in [-0.2, 0) is 11.0 Å². The summed E-state index contributed by atoms with van der Waals surface area (Å²) in [6.07, 6.45) is -4.43. The minimum atomic E-state index is -4.43. The van der Waals surface area contributed by atoms with E-state index in [0.29, 0.717) is 0 Å². The van der Waals surface area contributed by atoms with Crippen molar-refractivity contribution in [3.63, 3.8) is 0 Å². The summed E-state index contributed by atoms with van der Waals surface area (Å²) < 4.78 is 37.4. The van der Waals surface area contributed by atoms with Gasteiger partial charge in [-0.3, -0.25) is 4.79 Å². The number of alkyl halides is 3. The van der Waals surface area contributed by atoms with Gasteiger partial charge in [0.25, 0.3) is 0 Å². The number of hydrogen-bond acceptors (Lipinski definition) is 2. The van der Waals surface area contributed by atoms with Gasteiger partial charge in [0.1, 0.15) is 0 Å². The van der Waals surface area contributed by atoms with Gasteiger partial charge in [0.2, 0.25) is 5.91 Å². The third-order valence-electron chi connectivity index (χ3n) is 2.57. The standard InChI is InChI=1S/C12H15F3N2O/c1-11(2,7-16)10(18)17-9-5-3-4-8(6-9)12(13,14)15/h3-6H,7,16H2,1-2H3,(H,17,18). The average molecular weight is 260 g/mol. The van der Waals surface area contributed by atoms with Crippen LogP contribution in [-0.4, -0.2) is 12.5 Å². The van der Waals surface area contributed by atoms with Crippen LogP contribution in [0.15, 0.2) is 24.3 Å². The zero-order valence-electron chi connectivity index (χ0n) is 10.1. The van der Waals surface area contributed by atoms with Crippen molar-refractivity contribution < 1.29 is 18.0 Å². The molecule has 0 spiro atoms. The fourth-order valence-corrected chi connectivity index (χ4v) is 1.17. The smallest absolute Gasteiger partial charge is 0.329 e. The second-order valence-electron chi connectivity index (χ2n) is 4.62. The molecule has 0 aliphatic carbocycles. The molecule has 0 fully saturated rings. The molecule has 0 radical (unpaired) electrons. The van der Waals surface area contributed by atoms with E-state index in [1.807, 2.05) is 0 Å². The minimum absolute atomic E-state index is 0.108. The molecule has 0 unspecified atom stereocenters. The lowest BCUT2D eigenvalue weighted by molar-refractivity contribution is -0.137. The number of carbonyl (C=O) groups is 1. The van der Waals surface area contributed by atoms with E-state index in [1.165, 1.54) is 12.1 Å². The molecule has 1 amide bonds. The maximum absolute atomic E-state index is 12.5. The van der Waals surface area contributed by atoms with Gasteiger partial charge in [-0.15, -0.1) is 0 Å². The molecule has 0 bridgehead atoms. The second kappa shape index (κ2) is 4.97. The summed E-state index contributed by atoms with van der Waals surface area (Å²) in [5, 5.41) is 2.43. The van der Waals surface area contributed by atoms with Gasteiger partial charge in [0.15, 0.2) is 0 Å². The summed E-state index contributed by atoms with van der Waals surface area (Å²) in [6.45, 7) is 3.35. The highest BCUT2D eigenvalue weighted by Crippen LogP contribution is 2.31. The first-order valence-corrected chi connectivity index (χ1v) is 5.35. The molecule has 18 heavy (non-hydrogen) atoms. The van der Waals surface area contributed by atoms with Crippen LogP contribution < -0.4 is 11.1 Å². The molecule has 6 heteroatoms. The van der Waals surface area contributed by atoms with Crippen LogP contribution in [0, 0.1) is 5.41 Å². The highest BCUT2D eigenvalue weighted by molar-refractivity contribution is 5.95. The van der Waals surface area contributed by atoms with Crippen LogP contribution in [0.25, 0.3) is 0 Å². The highest BCUT2D eigenvalue weighted by atomic mass is 19.4. The topological polar surface area (TPSA) is 55.1 Å². The van der Waals surface area contributed by atoms with Crippen molar-refractivity contribution >= 4 is 11.6 Å². The Balaban J connectivity index is 2.90. The van der Waals surface area contributed by atoms with Crippen molar-refractivity contribution in [1.29, 1.82) is 0 Å². The van der Waals surface area contributed by atoms with Gasteiger partial charge in [-0.1, -0.05) is 6.07 Å². The number of hydrogen-bond donors (Lipinski definition) is 2. The van der Waals surface area contributed by atoms with E-state index in [9.17, 15) is 18.0 Å². The second-order valence-corrected chi connectivity index (χ2v) is 4.62. The van der Waals surface area contributed by atoms with Gasteiger partial charge >= 0.3 is 6.18 Å². The Bertz CT molecular complexity index is 441. The first-order chi connectivity index (χ1) is 8.16. The quantitative estimate of drug-likeness (QED) is 0.877. The van der Waals surface area contributed by atoms with E-state index in [4.69, 9.17) is 5.73 Å². The van der Waals surface area contributed by atoms with E-state index >= 15 is 0 Å². The van der Waals surface area contributed by atoms with Crippen LogP contribution in [0.4, 0.5) is 18.9 Å². The van der Waals surface area contributed by atoms with E-state index in [1.54, 1.807) is 13.8 Å². The van der Waals surface area contributed by atoms with Gasteiger partial charge < -0.3 is 11.1 Å². The lowest BCUT2D eigenvalue weighted by atomic mass is 9.92. The Morgan fingerprint density at radius 3 is 2.44 bits per heavy atom. The van der Waals surface area contributed by atoms with Crippen LogP contribution in [0.3, 0.4) is 0 Å². The van der Waals surface area contributed by atoms with E-state index in [0.717, 1.165) is 12.1 Å². The molecule has 0 aliphatic heterocycles. The maximum atomic E-state index is 12.5. The molecule has 1 rings (SSSR count). The lowest BCUT2D eigenvalue weighted by Gasteiger charge is -2.21. The zero-order chi connectivity index (χ0) is 14.0. The fraction of sp³-hybridized carbons (Fsp3) is 0.417. The molecule has 0 heterocycles. The number of nitrogens with two attached hydrogens (primary N) is 1. The normalized spacial score (nSPS) is 12.3. The average Bonchev–Trinajstić information content (AvgIpc) is 2.28. The van der Waals surface area contributed by atoms with Crippen LogP contribution in [0.5, 0.6) is 0 Å². The summed E-state index contributed by atoms with van der Waals surface area (Å²) in [5.74, 6) is -0.413. The molecule has 0 saturated heterocycles. The van der Waals surface area contributed by atoms with Crippen molar-refractivity contribution in [3.8, 4) is 0 Å². The van der Waals surface area contributed by atoms with Crippen LogP contribution in [0.1, 0.15) is 19.4 Å². The molecule has 3 nitrogen and oxygen atoms in total. The molecule has 0 saturated carbocycles. The third kappa shape index (κ3) is 3.46. The minimum Gasteiger partial charge on any atom is -0.329 e. The molecular formula is C12H15F3N2O. The Morgan fingerprint density at radius 1 is 1.33 bits per heavy atom. The summed E-state index contributed by atoms with van der Waals surface area (Å²) in [4.78, 5) is 11.8. The summed E-state index contributed by atoms with van der Waals surface area (Å²) in [7, 11) is 0.